The van der Waals surface area contributed by atoms with Gasteiger partial charge in [0.1, 0.15) is 0 Å². The zero-order valence-electron chi connectivity index (χ0n) is 20.4. The first-order valence-electron chi connectivity index (χ1n) is 12.0. The minimum absolute atomic E-state index is 0.0933. The lowest BCUT2D eigenvalue weighted by atomic mass is 10.1. The molecule has 170 valence electrons. The van der Waals surface area contributed by atoms with Crippen LogP contribution in [0.3, 0.4) is 0 Å². The van der Waals surface area contributed by atoms with Crippen LogP contribution in [0.25, 0.3) is 0 Å². The van der Waals surface area contributed by atoms with Crippen LogP contribution in [0.4, 0.5) is 0 Å². The molecule has 0 N–H and O–H groups in total. The van der Waals surface area contributed by atoms with Gasteiger partial charge < -0.3 is 13.6 Å². The molecule has 0 amide bonds. The van der Waals surface area contributed by atoms with Gasteiger partial charge in [0.05, 0.1) is 19.3 Å². The summed E-state index contributed by atoms with van der Waals surface area (Å²) in [6.45, 7) is 17.9. The summed E-state index contributed by atoms with van der Waals surface area (Å²) in [6.07, 6.45) is 16.7. The first-order chi connectivity index (χ1) is 13.1. The second-order valence-electron chi connectivity index (χ2n) is 10.2. The molecule has 0 aliphatic carbocycles. The van der Waals surface area contributed by atoms with Gasteiger partial charge >= 0.3 is 0 Å². The fourth-order valence-electron chi connectivity index (χ4n) is 3.22. The van der Waals surface area contributed by atoms with Gasteiger partial charge in [0.25, 0.3) is 0 Å². The largest absolute Gasteiger partial charge is 0.415 e. The van der Waals surface area contributed by atoms with Crippen molar-refractivity contribution >= 4 is 16.6 Å². The molecule has 0 aromatic carbocycles. The van der Waals surface area contributed by atoms with E-state index in [9.17, 15) is 0 Å². The Labute approximate surface area is 179 Å². The van der Waals surface area contributed by atoms with Crippen molar-refractivity contribution in [3.63, 3.8) is 0 Å². The third-order valence-electron chi connectivity index (χ3n) is 4.67. The Hall–Kier alpha value is 0.314. The molecule has 1 atom stereocenters. The molecule has 3 nitrogen and oxygen atoms in total. The highest BCUT2D eigenvalue weighted by atomic mass is 28.4. The van der Waals surface area contributed by atoms with Gasteiger partial charge in [-0.15, -0.1) is 0 Å². The lowest BCUT2D eigenvalue weighted by molar-refractivity contribution is 0.0190. The van der Waals surface area contributed by atoms with Gasteiger partial charge in [0.15, 0.2) is 16.6 Å². The molecule has 0 aromatic heterocycles. The molecule has 0 heterocycles. The van der Waals surface area contributed by atoms with Gasteiger partial charge in [0, 0.05) is 6.61 Å². The highest BCUT2D eigenvalue weighted by Gasteiger charge is 2.24. The minimum atomic E-state index is -1.57. The van der Waals surface area contributed by atoms with Gasteiger partial charge in [-0.2, -0.15) is 0 Å². The molecule has 0 bridgehead atoms. The molecular formula is C23H52O3Si2. The Kier molecular flexibility index (Phi) is 17.2. The van der Waals surface area contributed by atoms with E-state index >= 15 is 0 Å². The number of hydrogen-bond acceptors (Lipinski definition) is 3. The van der Waals surface area contributed by atoms with Gasteiger partial charge in [-0.1, -0.05) is 77.6 Å². The van der Waals surface area contributed by atoms with Crippen LogP contribution in [-0.2, 0) is 13.6 Å². The van der Waals surface area contributed by atoms with Crippen LogP contribution in [0.5, 0.6) is 0 Å². The van der Waals surface area contributed by atoms with Crippen molar-refractivity contribution in [1.82, 2.24) is 0 Å². The molecule has 0 radical (unpaired) electrons. The van der Waals surface area contributed by atoms with Gasteiger partial charge in [-0.05, 0) is 45.7 Å². The standard InChI is InChI=1S/C23H52O3Si2/c1-8-9-10-11-12-13-14-15-16-17-18-19-20-24-21-23(26-28(5,6)7)22-25-27(2,3)4/h23H,8-22H2,1-7H3. The average Bonchev–Trinajstić information content (AvgIpc) is 2.58. The quantitative estimate of drug-likeness (QED) is 0.145. The molecule has 0 rings (SSSR count). The monoisotopic (exact) mass is 432 g/mol. The van der Waals surface area contributed by atoms with Gasteiger partial charge in [-0.3, -0.25) is 0 Å². The van der Waals surface area contributed by atoms with E-state index in [4.69, 9.17) is 13.6 Å². The number of hydrogen-bond donors (Lipinski definition) is 0. The molecule has 28 heavy (non-hydrogen) atoms. The summed E-state index contributed by atoms with van der Waals surface area (Å²) in [6, 6.07) is 0. The predicted octanol–water partition coefficient (Wildman–Crippen LogP) is 7.78. The maximum Gasteiger partial charge on any atom is 0.184 e. The minimum Gasteiger partial charge on any atom is -0.415 e. The maximum absolute atomic E-state index is 6.26. The normalized spacial score (nSPS) is 13.8. The summed E-state index contributed by atoms with van der Waals surface area (Å²) in [4.78, 5) is 0. The van der Waals surface area contributed by atoms with Crippen LogP contribution in [0.1, 0.15) is 84.0 Å². The van der Waals surface area contributed by atoms with E-state index in [0.717, 1.165) is 6.61 Å². The van der Waals surface area contributed by atoms with Crippen LogP contribution in [-0.4, -0.2) is 42.6 Å². The number of ether oxygens (including phenoxy) is 1. The lowest BCUT2D eigenvalue weighted by Gasteiger charge is -2.29. The van der Waals surface area contributed by atoms with Gasteiger partial charge in [0.2, 0.25) is 0 Å². The van der Waals surface area contributed by atoms with Crippen molar-refractivity contribution in [1.29, 1.82) is 0 Å². The molecule has 0 aliphatic rings. The van der Waals surface area contributed by atoms with Crippen LogP contribution >= 0.6 is 0 Å². The first-order valence-corrected chi connectivity index (χ1v) is 18.9. The second kappa shape index (κ2) is 17.0. The zero-order chi connectivity index (χ0) is 21.3. The van der Waals surface area contributed by atoms with Crippen molar-refractivity contribution in [2.45, 2.75) is 129 Å². The fraction of sp³-hybridized carbons (Fsp3) is 1.00. The van der Waals surface area contributed by atoms with E-state index in [0.29, 0.717) is 13.2 Å². The smallest absolute Gasteiger partial charge is 0.184 e. The van der Waals surface area contributed by atoms with Crippen LogP contribution < -0.4 is 0 Å². The molecule has 5 heteroatoms. The highest BCUT2D eigenvalue weighted by Crippen LogP contribution is 2.13. The third-order valence-corrected chi connectivity index (χ3v) is 6.74. The average molecular weight is 433 g/mol. The zero-order valence-corrected chi connectivity index (χ0v) is 22.4. The maximum atomic E-state index is 6.26. The first kappa shape index (κ1) is 28.3. The van der Waals surface area contributed by atoms with Crippen LogP contribution in [0.15, 0.2) is 0 Å². The van der Waals surface area contributed by atoms with E-state index in [1.807, 2.05) is 0 Å². The highest BCUT2D eigenvalue weighted by molar-refractivity contribution is 6.70. The molecule has 0 saturated carbocycles. The summed E-state index contributed by atoms with van der Waals surface area (Å²) in [5.41, 5.74) is 0. The molecular weight excluding hydrogens is 380 g/mol. The van der Waals surface area contributed by atoms with Crippen molar-refractivity contribution in [3.05, 3.63) is 0 Å². The molecule has 0 fully saturated rings. The molecule has 0 saturated heterocycles. The van der Waals surface area contributed by atoms with Crippen molar-refractivity contribution in [2.75, 3.05) is 19.8 Å². The Balaban J connectivity index is 3.61. The summed E-state index contributed by atoms with van der Waals surface area (Å²) in [5.74, 6) is 0. The van der Waals surface area contributed by atoms with Crippen molar-refractivity contribution < 1.29 is 13.6 Å². The predicted molar refractivity (Wildman–Crippen MR) is 129 cm³/mol. The summed E-state index contributed by atoms with van der Waals surface area (Å²) >= 11 is 0. The third kappa shape index (κ3) is 22.6. The van der Waals surface area contributed by atoms with Gasteiger partial charge in [-0.25, -0.2) is 0 Å². The van der Waals surface area contributed by atoms with Crippen molar-refractivity contribution in [2.24, 2.45) is 0 Å². The van der Waals surface area contributed by atoms with E-state index < -0.39 is 16.6 Å². The molecule has 1 unspecified atom stereocenters. The fourth-order valence-corrected chi connectivity index (χ4v) is 5.04. The van der Waals surface area contributed by atoms with E-state index in [1.165, 1.54) is 77.0 Å². The molecule has 0 spiro atoms. The lowest BCUT2D eigenvalue weighted by Crippen LogP contribution is -2.40. The van der Waals surface area contributed by atoms with E-state index in [2.05, 4.69) is 46.2 Å². The topological polar surface area (TPSA) is 27.7 Å². The SMILES string of the molecule is CCCCCCCCCCCCCCOCC(CO[Si](C)(C)C)O[Si](C)(C)C. The van der Waals surface area contributed by atoms with E-state index in [-0.39, 0.29) is 6.10 Å². The summed E-state index contributed by atoms with van der Waals surface area (Å²) in [7, 11) is -3.07. The van der Waals surface area contributed by atoms with Crippen LogP contribution in [0, 0.1) is 0 Å². The Morgan fingerprint density at radius 3 is 1.46 bits per heavy atom. The van der Waals surface area contributed by atoms with E-state index in [1.54, 1.807) is 0 Å². The Bertz CT molecular complexity index is 338. The second-order valence-corrected chi connectivity index (χ2v) is 19.2. The number of rotatable bonds is 20. The Morgan fingerprint density at radius 2 is 1.04 bits per heavy atom. The summed E-state index contributed by atoms with van der Waals surface area (Å²) in [5, 5.41) is 0. The Morgan fingerprint density at radius 1 is 0.571 bits per heavy atom. The number of unbranched alkanes of at least 4 members (excludes halogenated alkanes) is 11. The molecule has 0 aliphatic heterocycles. The summed E-state index contributed by atoms with van der Waals surface area (Å²) < 4.78 is 18.3. The van der Waals surface area contributed by atoms with Crippen LogP contribution in [0.2, 0.25) is 39.3 Å². The molecule has 0 aromatic rings. The van der Waals surface area contributed by atoms with Crippen molar-refractivity contribution in [3.8, 4) is 0 Å².